The molecule has 9 nitrogen and oxygen atoms in total. The summed E-state index contributed by atoms with van der Waals surface area (Å²) in [5.41, 5.74) is -5.53. The number of halogens is 3. The van der Waals surface area contributed by atoms with Crippen molar-refractivity contribution in [1.82, 2.24) is 0 Å². The number of aliphatic hydroxyl groups is 5. The van der Waals surface area contributed by atoms with E-state index < -0.39 is 52.9 Å². The van der Waals surface area contributed by atoms with Crippen LogP contribution in [0.3, 0.4) is 0 Å². The molecule has 0 spiro atoms. The van der Waals surface area contributed by atoms with E-state index in [-0.39, 0.29) is 0 Å². The van der Waals surface area contributed by atoms with Gasteiger partial charge >= 0.3 is 15.6 Å². The number of hydrogen-bond acceptors (Lipinski definition) is 8. The first-order chi connectivity index (χ1) is 8.82. The summed E-state index contributed by atoms with van der Waals surface area (Å²) in [6.45, 7) is -0.596. The van der Waals surface area contributed by atoms with E-state index in [2.05, 4.69) is 4.74 Å². The lowest BCUT2D eigenvalue weighted by Crippen LogP contribution is -2.40. The minimum Gasteiger partial charge on any atom is -0.394 e. The maximum atomic E-state index is 10.7. The molecule has 1 heterocycles. The lowest BCUT2D eigenvalue weighted by Gasteiger charge is -2.18. The van der Waals surface area contributed by atoms with Crippen molar-refractivity contribution >= 4 is 10.1 Å². The normalized spacial score (nSPS) is 32.5. The Kier molecular flexibility index (Phi) is 6.76. The molecule has 122 valence electrons. The van der Waals surface area contributed by atoms with E-state index in [1.807, 2.05) is 0 Å². The van der Waals surface area contributed by atoms with Crippen molar-refractivity contribution in [2.45, 2.75) is 36.2 Å². The van der Waals surface area contributed by atoms with Crippen LogP contribution >= 0.6 is 0 Å². The highest BCUT2D eigenvalue weighted by atomic mass is 32.2. The van der Waals surface area contributed by atoms with Crippen LogP contribution in [0.1, 0.15) is 0 Å². The summed E-state index contributed by atoms with van der Waals surface area (Å²) in [5.74, 6) is 0. The van der Waals surface area contributed by atoms with Crippen LogP contribution in [0.15, 0.2) is 0 Å². The third kappa shape index (κ3) is 5.10. The Morgan fingerprint density at radius 1 is 1.15 bits per heavy atom. The fourth-order valence-corrected chi connectivity index (χ4v) is 1.11. The lowest BCUT2D eigenvalue weighted by atomic mass is 10.1. The van der Waals surface area contributed by atoms with Gasteiger partial charge in [0.1, 0.15) is 24.4 Å². The van der Waals surface area contributed by atoms with E-state index in [0.29, 0.717) is 0 Å². The molecule has 5 atom stereocenters. The summed E-state index contributed by atoms with van der Waals surface area (Å²) in [4.78, 5) is 0. The third-order valence-corrected chi connectivity index (χ3v) is 2.72. The van der Waals surface area contributed by atoms with Crippen molar-refractivity contribution in [3.8, 4) is 0 Å². The Bertz CT molecular complexity index is 397. The summed E-state index contributed by atoms with van der Waals surface area (Å²) in [7, 11) is -5.84. The number of hydrogen-bond donors (Lipinski definition) is 6. The van der Waals surface area contributed by atoms with Crippen LogP contribution in [0.4, 0.5) is 13.2 Å². The van der Waals surface area contributed by atoms with Gasteiger partial charge in [0.15, 0.2) is 6.29 Å². The number of rotatable bonds is 2. The summed E-state index contributed by atoms with van der Waals surface area (Å²) in [6, 6.07) is 0. The molecule has 0 bridgehead atoms. The molecule has 1 aliphatic heterocycles. The van der Waals surface area contributed by atoms with E-state index in [1.165, 1.54) is 0 Å². The molecule has 1 rings (SSSR count). The van der Waals surface area contributed by atoms with Gasteiger partial charge < -0.3 is 30.3 Å². The van der Waals surface area contributed by atoms with Crippen molar-refractivity contribution < 1.29 is 56.4 Å². The molecule has 1 aliphatic rings. The summed E-state index contributed by atoms with van der Waals surface area (Å²) >= 11 is 0. The molecule has 13 heteroatoms. The SMILES string of the molecule is O=S(=O)(O)C(F)(F)F.OC[C@@H](O)[C@@H]1OC(O)[C@H](O)[C@@H]1O. The van der Waals surface area contributed by atoms with Gasteiger partial charge in [0.05, 0.1) is 6.61 Å². The first-order valence-electron chi connectivity index (χ1n) is 4.85. The highest BCUT2D eigenvalue weighted by molar-refractivity contribution is 7.86. The Labute approximate surface area is 110 Å². The fraction of sp³-hybridized carbons (Fsp3) is 1.00. The molecule has 0 aromatic rings. The minimum absolute atomic E-state index is 0.596. The molecule has 6 N–H and O–H groups in total. The molecule has 1 fully saturated rings. The van der Waals surface area contributed by atoms with Gasteiger partial charge in [0.25, 0.3) is 0 Å². The van der Waals surface area contributed by atoms with Crippen LogP contribution in [0, 0.1) is 0 Å². The first-order valence-corrected chi connectivity index (χ1v) is 6.29. The van der Waals surface area contributed by atoms with Gasteiger partial charge in [-0.2, -0.15) is 21.6 Å². The summed E-state index contributed by atoms with van der Waals surface area (Å²) in [5, 5.41) is 44.4. The molecule has 0 aliphatic carbocycles. The van der Waals surface area contributed by atoms with Crippen LogP contribution in [0.2, 0.25) is 0 Å². The van der Waals surface area contributed by atoms with Gasteiger partial charge in [-0.15, -0.1) is 0 Å². The topological polar surface area (TPSA) is 165 Å². The van der Waals surface area contributed by atoms with E-state index in [9.17, 15) is 13.2 Å². The molecular formula is C7H13F3O9S. The monoisotopic (exact) mass is 330 g/mol. The fourth-order valence-electron chi connectivity index (χ4n) is 1.11. The molecule has 0 amide bonds. The van der Waals surface area contributed by atoms with Crippen LogP contribution in [0.5, 0.6) is 0 Å². The van der Waals surface area contributed by atoms with E-state index in [1.54, 1.807) is 0 Å². The smallest absolute Gasteiger partial charge is 0.394 e. The van der Waals surface area contributed by atoms with Gasteiger partial charge in [-0.05, 0) is 0 Å². The van der Waals surface area contributed by atoms with Gasteiger partial charge in [-0.3, -0.25) is 4.55 Å². The van der Waals surface area contributed by atoms with Gasteiger partial charge in [-0.1, -0.05) is 0 Å². The third-order valence-electron chi connectivity index (χ3n) is 2.13. The Hall–Kier alpha value is -0.540. The van der Waals surface area contributed by atoms with Gasteiger partial charge in [0, 0.05) is 0 Å². The van der Waals surface area contributed by atoms with Crippen LogP contribution in [0.25, 0.3) is 0 Å². The average molecular weight is 330 g/mol. The van der Waals surface area contributed by atoms with E-state index in [0.717, 1.165) is 0 Å². The Balaban J connectivity index is 0.000000396. The average Bonchev–Trinajstić information content (AvgIpc) is 2.54. The van der Waals surface area contributed by atoms with Crippen LogP contribution < -0.4 is 0 Å². The molecule has 0 radical (unpaired) electrons. The van der Waals surface area contributed by atoms with Crippen molar-refractivity contribution in [2.75, 3.05) is 6.61 Å². The first kappa shape index (κ1) is 19.5. The molecule has 20 heavy (non-hydrogen) atoms. The van der Waals surface area contributed by atoms with E-state index >= 15 is 0 Å². The second kappa shape index (κ2) is 6.95. The van der Waals surface area contributed by atoms with Gasteiger partial charge in [0.2, 0.25) is 0 Å². The van der Waals surface area contributed by atoms with Crippen molar-refractivity contribution in [1.29, 1.82) is 0 Å². The molecule has 1 unspecified atom stereocenters. The zero-order valence-corrected chi connectivity index (χ0v) is 10.4. The van der Waals surface area contributed by atoms with E-state index in [4.69, 9.17) is 38.5 Å². The van der Waals surface area contributed by atoms with Crippen molar-refractivity contribution in [3.05, 3.63) is 0 Å². The van der Waals surface area contributed by atoms with Crippen LogP contribution in [-0.2, 0) is 14.9 Å². The predicted molar refractivity (Wildman–Crippen MR) is 53.6 cm³/mol. The highest BCUT2D eigenvalue weighted by Gasteiger charge is 2.45. The van der Waals surface area contributed by atoms with Crippen LogP contribution in [-0.4, -0.2) is 81.3 Å². The standard InChI is InChI=1S/C6H12O6.CHF3O3S/c7-1-2(8)5-3(9)4(10)6(11)12-5;2-1(3,4)8(5,6)7/h2-11H,1H2;(H,5,6,7)/t2-,3+,4-,5+,6?;/m1./s1. The van der Waals surface area contributed by atoms with Gasteiger partial charge in [-0.25, -0.2) is 0 Å². The number of alkyl halides is 3. The summed E-state index contributed by atoms with van der Waals surface area (Å²) < 4.78 is 62.1. The highest BCUT2D eigenvalue weighted by Crippen LogP contribution is 2.22. The largest absolute Gasteiger partial charge is 0.522 e. The zero-order valence-electron chi connectivity index (χ0n) is 9.54. The molecule has 0 aromatic carbocycles. The maximum Gasteiger partial charge on any atom is 0.522 e. The maximum absolute atomic E-state index is 10.7. The molecular weight excluding hydrogens is 317 g/mol. The van der Waals surface area contributed by atoms with Crippen molar-refractivity contribution in [3.63, 3.8) is 0 Å². The molecule has 1 saturated heterocycles. The van der Waals surface area contributed by atoms with Crippen molar-refractivity contribution in [2.24, 2.45) is 0 Å². The second-order valence-corrected chi connectivity index (χ2v) is 5.06. The predicted octanol–water partition coefficient (Wildman–Crippen LogP) is -2.83. The second-order valence-electron chi connectivity index (χ2n) is 3.64. The quantitative estimate of drug-likeness (QED) is 0.231. The number of ether oxygens (including phenoxy) is 1. The summed E-state index contributed by atoms with van der Waals surface area (Å²) in [6.07, 6.45) is -6.75. The lowest BCUT2D eigenvalue weighted by molar-refractivity contribution is -0.150. The number of aliphatic hydroxyl groups excluding tert-OH is 5. The zero-order chi connectivity index (χ0) is 16.3. The minimum atomic E-state index is -5.84. The molecule has 0 aromatic heterocycles. The molecule has 0 saturated carbocycles. The Morgan fingerprint density at radius 3 is 1.75 bits per heavy atom. The Morgan fingerprint density at radius 2 is 1.55 bits per heavy atom.